The highest BCUT2D eigenvalue weighted by Gasteiger charge is 2.67. The van der Waals surface area contributed by atoms with Crippen molar-refractivity contribution in [1.82, 2.24) is 19.6 Å². The maximum atomic E-state index is 13.7. The smallest absolute Gasteiger partial charge is 0.374 e. The highest BCUT2D eigenvalue weighted by molar-refractivity contribution is 5.92. The van der Waals surface area contributed by atoms with Crippen LogP contribution in [0.1, 0.15) is 100 Å². The van der Waals surface area contributed by atoms with Crippen molar-refractivity contribution in [2.45, 2.75) is 125 Å². The van der Waals surface area contributed by atoms with Crippen molar-refractivity contribution in [3.63, 3.8) is 0 Å². The number of nitrogens with zero attached hydrogens (tertiary/aromatic N) is 4. The molecule has 0 unspecified atom stereocenters. The van der Waals surface area contributed by atoms with Crippen molar-refractivity contribution in [3.05, 3.63) is 119 Å². The number of hydrogen-bond acceptors (Lipinski definition) is 6. The van der Waals surface area contributed by atoms with Gasteiger partial charge < -0.3 is 10.2 Å². The Morgan fingerprint density at radius 3 is 1.30 bits per heavy atom. The van der Waals surface area contributed by atoms with Crippen LogP contribution in [0.4, 0.5) is 35.1 Å². The van der Waals surface area contributed by atoms with Crippen LogP contribution < -0.4 is 0 Å². The lowest BCUT2D eigenvalue weighted by Crippen LogP contribution is -2.60. The van der Waals surface area contributed by atoms with E-state index in [2.05, 4.69) is 10.2 Å². The second-order valence-electron chi connectivity index (χ2n) is 18.7. The molecule has 6 atom stereocenters. The van der Waals surface area contributed by atoms with Gasteiger partial charge >= 0.3 is 12.4 Å². The first-order valence-corrected chi connectivity index (χ1v) is 22.4. The van der Waals surface area contributed by atoms with Gasteiger partial charge in [-0.1, -0.05) is 13.8 Å². The Labute approximate surface area is 374 Å². The average Bonchev–Trinajstić information content (AvgIpc) is 3.81. The van der Waals surface area contributed by atoms with Gasteiger partial charge in [-0.3, -0.25) is 9.59 Å². The van der Waals surface area contributed by atoms with Gasteiger partial charge in [-0.2, -0.15) is 36.5 Å². The van der Waals surface area contributed by atoms with E-state index in [0.29, 0.717) is 62.7 Å². The fourth-order valence-corrected chi connectivity index (χ4v) is 11.9. The van der Waals surface area contributed by atoms with Crippen molar-refractivity contribution in [1.29, 1.82) is 0 Å². The normalized spacial score (nSPS) is 27.8. The number of hydrogen-bond donors (Lipinski definition) is 2. The Morgan fingerprint density at radius 1 is 0.606 bits per heavy atom. The topological polar surface area (TPSA) is 110 Å². The second-order valence-corrected chi connectivity index (χ2v) is 18.7. The monoisotopic (exact) mass is 920 g/mol. The van der Waals surface area contributed by atoms with E-state index >= 15 is 0 Å². The van der Waals surface area contributed by atoms with Crippen LogP contribution in [-0.2, 0) is 33.3 Å². The van der Waals surface area contributed by atoms with E-state index < -0.39 is 70.6 Å². The molecule has 2 aromatic heterocycles. The van der Waals surface area contributed by atoms with E-state index in [1.54, 1.807) is 46.0 Å². The summed E-state index contributed by atoms with van der Waals surface area (Å²) >= 11 is 0. The third-order valence-electron chi connectivity index (χ3n) is 15.5. The lowest BCUT2D eigenvalue weighted by molar-refractivity contribution is -0.263. The van der Waals surface area contributed by atoms with Gasteiger partial charge in [-0.25, -0.2) is 18.1 Å². The minimum atomic E-state index is -4.99. The minimum absolute atomic E-state index is 0.339. The van der Waals surface area contributed by atoms with Crippen molar-refractivity contribution >= 4 is 33.4 Å². The van der Waals surface area contributed by atoms with Gasteiger partial charge in [0.2, 0.25) is 11.2 Å². The Hall–Kier alpha value is -5.48. The largest absolute Gasteiger partial charge is 0.424 e. The third kappa shape index (κ3) is 7.15. The molecular weight excluding hydrogens is 873 g/mol. The van der Waals surface area contributed by atoms with Crippen molar-refractivity contribution < 1.29 is 54.9 Å². The molecule has 0 saturated heterocycles. The molecule has 0 amide bonds. The molecular formula is C50H48F8N4O4. The van der Waals surface area contributed by atoms with Gasteiger partial charge in [0.05, 0.1) is 34.8 Å². The number of carbonyl (C=O) groups excluding carboxylic acids is 2. The summed E-state index contributed by atoms with van der Waals surface area (Å²) in [5.74, 6) is -3.91. The molecule has 0 bridgehead atoms. The molecule has 4 aliphatic rings. The molecule has 4 aliphatic carbocycles. The molecule has 2 fully saturated rings. The van der Waals surface area contributed by atoms with Crippen LogP contribution in [-0.4, -0.2) is 64.9 Å². The molecule has 66 heavy (non-hydrogen) atoms. The molecule has 2 heterocycles. The number of alkyl halides is 6. The Morgan fingerprint density at radius 2 is 0.970 bits per heavy atom. The number of halogens is 8. The lowest BCUT2D eigenvalue weighted by Gasteiger charge is -2.49. The molecule has 10 rings (SSSR count). The number of benzene rings is 4. The first-order valence-electron chi connectivity index (χ1n) is 22.4. The van der Waals surface area contributed by atoms with Crippen LogP contribution in [0.15, 0.2) is 85.2 Å². The van der Waals surface area contributed by atoms with E-state index in [1.807, 2.05) is 38.1 Å². The summed E-state index contributed by atoms with van der Waals surface area (Å²) in [4.78, 5) is 25.5. The number of Topliss-reactive ketones (excluding diaryl/α,β-unsaturated/α-hetero) is 2. The molecule has 2 saturated carbocycles. The zero-order chi connectivity index (χ0) is 47.2. The predicted octanol–water partition coefficient (Wildman–Crippen LogP) is 10.8. The number of aromatic nitrogens is 4. The molecule has 348 valence electrons. The lowest BCUT2D eigenvalue weighted by atomic mass is 9.56. The van der Waals surface area contributed by atoms with Crippen LogP contribution in [0.5, 0.6) is 0 Å². The van der Waals surface area contributed by atoms with E-state index in [0.717, 1.165) is 44.1 Å². The molecule has 0 spiro atoms. The van der Waals surface area contributed by atoms with Crippen molar-refractivity contribution in [2.24, 2.45) is 11.8 Å². The van der Waals surface area contributed by atoms with E-state index in [4.69, 9.17) is 0 Å². The maximum Gasteiger partial charge on any atom is 0.424 e. The van der Waals surface area contributed by atoms with Crippen molar-refractivity contribution in [2.75, 3.05) is 0 Å². The number of carbonyl (C=O) groups is 2. The van der Waals surface area contributed by atoms with Crippen LogP contribution in [0.25, 0.3) is 33.2 Å². The van der Waals surface area contributed by atoms with Crippen LogP contribution >= 0.6 is 0 Å². The Bertz CT molecular complexity index is 2660. The van der Waals surface area contributed by atoms with Gasteiger partial charge in [-0.15, -0.1) is 0 Å². The van der Waals surface area contributed by atoms with Gasteiger partial charge in [0.25, 0.3) is 0 Å². The fourth-order valence-electron chi connectivity index (χ4n) is 11.9. The Kier molecular flexibility index (Phi) is 11.1. The predicted molar refractivity (Wildman–Crippen MR) is 229 cm³/mol. The zero-order valence-electron chi connectivity index (χ0n) is 36.2. The first-order chi connectivity index (χ1) is 31.2. The summed E-state index contributed by atoms with van der Waals surface area (Å²) < 4.78 is 112. The van der Waals surface area contributed by atoms with Gasteiger partial charge in [0, 0.05) is 34.4 Å². The van der Waals surface area contributed by atoms with Crippen LogP contribution in [0.2, 0.25) is 0 Å². The summed E-state index contributed by atoms with van der Waals surface area (Å²) in [7, 11) is 0. The van der Waals surface area contributed by atoms with Crippen LogP contribution in [0.3, 0.4) is 0 Å². The van der Waals surface area contributed by atoms with Gasteiger partial charge in [-0.05, 0) is 171 Å². The van der Waals surface area contributed by atoms with E-state index in [1.165, 1.54) is 24.3 Å². The van der Waals surface area contributed by atoms with Crippen LogP contribution in [0, 0.1) is 23.5 Å². The number of aryl methyl sites for hydroxylation is 2. The Balaban J connectivity index is 0.000000166. The molecule has 16 heteroatoms. The first kappa shape index (κ1) is 45.7. The zero-order valence-corrected chi connectivity index (χ0v) is 36.2. The second kappa shape index (κ2) is 16.1. The number of ketones is 2. The maximum absolute atomic E-state index is 13.7. The standard InChI is InChI=1S/2C25H24F4N2O2/c2*1-2-23-13-22(32)24(33,25(27,28)29)12-17(23)5-3-4-15-11-21-16(10-20(15)23)14-30-31(21)19-8-6-18(26)7-9-19/h2*6-11,14,17,33H,2-5,12-13H2,1H3/t2*17-,23-,24+/m10/s1. The van der Waals surface area contributed by atoms with Gasteiger partial charge in [0.1, 0.15) is 11.6 Å². The molecule has 2 N–H and O–H groups in total. The number of rotatable bonds is 4. The molecule has 0 radical (unpaired) electrons. The average molecular weight is 921 g/mol. The summed E-state index contributed by atoms with van der Waals surface area (Å²) in [6.07, 6.45) is -3.82. The third-order valence-corrected chi connectivity index (χ3v) is 15.5. The molecule has 0 aliphatic heterocycles. The minimum Gasteiger partial charge on any atom is -0.374 e. The highest BCUT2D eigenvalue weighted by atomic mass is 19.4. The SMILES string of the molecule is CC[C@@]12CC(=O)[C@](O)(C(F)(F)F)C[C@H]1CCCc1cc3c(cnn3-c3ccc(F)cc3)cc12.CC[C@]12CC(=O)[C@@](O)(C(F)(F)F)C[C@@H]1CCCc1cc3c(cnn3-c3ccc(F)cc3)cc12. The fraction of sp³-hybridized carbons (Fsp3) is 0.440. The van der Waals surface area contributed by atoms with Crippen molar-refractivity contribution in [3.8, 4) is 11.4 Å². The molecule has 4 aromatic carbocycles. The van der Waals surface area contributed by atoms with E-state index in [9.17, 15) is 54.9 Å². The number of fused-ring (bicyclic) bond motifs is 8. The highest BCUT2D eigenvalue weighted by Crippen LogP contribution is 2.57. The quantitative estimate of drug-likeness (QED) is 0.170. The van der Waals surface area contributed by atoms with E-state index in [-0.39, 0.29) is 24.5 Å². The molecule has 6 aromatic rings. The van der Waals surface area contributed by atoms with Gasteiger partial charge in [0.15, 0.2) is 11.6 Å². The summed E-state index contributed by atoms with van der Waals surface area (Å²) in [5, 5.41) is 31.2. The summed E-state index contributed by atoms with van der Waals surface area (Å²) in [6.45, 7) is 3.80. The summed E-state index contributed by atoms with van der Waals surface area (Å²) in [6, 6.07) is 19.9. The number of aliphatic hydroxyl groups is 2. The summed E-state index contributed by atoms with van der Waals surface area (Å²) in [5.41, 5.74) is -1.29. The molecule has 8 nitrogen and oxygen atoms in total.